The highest BCUT2D eigenvalue weighted by atomic mass is 35.5. The summed E-state index contributed by atoms with van der Waals surface area (Å²) in [7, 11) is 0. The number of hydrogen-bond acceptors (Lipinski definition) is 4. The van der Waals surface area contributed by atoms with Crippen molar-refractivity contribution >= 4 is 29.9 Å². The van der Waals surface area contributed by atoms with E-state index in [0.717, 1.165) is 18.7 Å². The highest BCUT2D eigenvalue weighted by Gasteiger charge is 2.13. The summed E-state index contributed by atoms with van der Waals surface area (Å²) in [6.07, 6.45) is 0. The van der Waals surface area contributed by atoms with E-state index in [-0.39, 0.29) is 24.1 Å². The van der Waals surface area contributed by atoms with Gasteiger partial charge in [-0.05, 0) is 18.7 Å². The summed E-state index contributed by atoms with van der Waals surface area (Å²) in [6.45, 7) is 4.14. The molecule has 1 heterocycles. The van der Waals surface area contributed by atoms with Crippen LogP contribution < -0.4 is 10.6 Å². The van der Waals surface area contributed by atoms with E-state index in [1.165, 1.54) is 0 Å². The van der Waals surface area contributed by atoms with Gasteiger partial charge in [0.1, 0.15) is 5.69 Å². The fraction of sp³-hybridized carbons (Fsp3) is 0.286. The van der Waals surface area contributed by atoms with Crippen molar-refractivity contribution < 1.29 is 9.32 Å². The first kappa shape index (κ1) is 17.5. The Hall–Kier alpha value is -1.56. The van der Waals surface area contributed by atoms with E-state index in [4.69, 9.17) is 16.1 Å². The fourth-order valence-electron chi connectivity index (χ4n) is 1.69. The molecule has 0 fully saturated rings. The van der Waals surface area contributed by atoms with Crippen LogP contribution in [0.1, 0.15) is 17.5 Å². The maximum Gasteiger partial charge on any atom is 0.289 e. The topological polar surface area (TPSA) is 67.2 Å². The molecule has 7 heteroatoms. The number of amides is 1. The number of carbonyl (C=O) groups is 1. The summed E-state index contributed by atoms with van der Waals surface area (Å²) in [4.78, 5) is 11.8. The van der Waals surface area contributed by atoms with E-state index in [1.54, 1.807) is 18.2 Å². The van der Waals surface area contributed by atoms with Gasteiger partial charge in [0.2, 0.25) is 5.76 Å². The van der Waals surface area contributed by atoms with E-state index in [2.05, 4.69) is 15.8 Å². The molecule has 1 aromatic heterocycles. The third-order valence-electron chi connectivity index (χ3n) is 2.69. The molecular formula is C14H17Cl2N3O2. The predicted octanol–water partition coefficient (Wildman–Crippen LogP) is 2.76. The Labute approximate surface area is 134 Å². The van der Waals surface area contributed by atoms with Crippen LogP contribution in [0.2, 0.25) is 5.02 Å². The lowest BCUT2D eigenvalue weighted by Crippen LogP contribution is -2.31. The summed E-state index contributed by atoms with van der Waals surface area (Å²) < 4.78 is 5.05. The number of aromatic nitrogens is 1. The van der Waals surface area contributed by atoms with Crippen molar-refractivity contribution in [2.45, 2.75) is 6.92 Å². The Morgan fingerprint density at radius 1 is 1.33 bits per heavy atom. The number of halogens is 2. The van der Waals surface area contributed by atoms with E-state index >= 15 is 0 Å². The van der Waals surface area contributed by atoms with Crippen LogP contribution in [0.15, 0.2) is 34.9 Å². The first-order valence-electron chi connectivity index (χ1n) is 6.42. The Kier molecular flexibility index (Phi) is 7.22. The minimum atomic E-state index is -0.274. The van der Waals surface area contributed by atoms with Gasteiger partial charge in [0.15, 0.2) is 0 Å². The third-order valence-corrected chi connectivity index (χ3v) is 2.93. The lowest BCUT2D eigenvalue weighted by atomic mass is 10.1. The minimum Gasteiger partial charge on any atom is -0.350 e. The van der Waals surface area contributed by atoms with Crippen molar-refractivity contribution in [3.63, 3.8) is 0 Å². The molecule has 114 valence electrons. The lowest BCUT2D eigenvalue weighted by molar-refractivity contribution is 0.0917. The van der Waals surface area contributed by atoms with Crippen LogP contribution in [0.5, 0.6) is 0 Å². The molecule has 1 aromatic carbocycles. The molecule has 0 unspecified atom stereocenters. The quantitative estimate of drug-likeness (QED) is 0.799. The second-order valence-corrected chi connectivity index (χ2v) is 4.63. The molecule has 0 saturated heterocycles. The third kappa shape index (κ3) is 5.04. The molecule has 0 aliphatic carbocycles. The molecule has 2 aromatic rings. The normalized spacial score (nSPS) is 10.0. The van der Waals surface area contributed by atoms with E-state index in [9.17, 15) is 4.79 Å². The first-order valence-corrected chi connectivity index (χ1v) is 6.80. The van der Waals surface area contributed by atoms with Gasteiger partial charge in [-0.1, -0.05) is 35.8 Å². The van der Waals surface area contributed by atoms with Gasteiger partial charge in [0.25, 0.3) is 5.91 Å². The van der Waals surface area contributed by atoms with Crippen molar-refractivity contribution in [1.82, 2.24) is 15.8 Å². The van der Waals surface area contributed by atoms with Crippen LogP contribution in [-0.2, 0) is 0 Å². The summed E-state index contributed by atoms with van der Waals surface area (Å²) in [5.41, 5.74) is 1.40. The number of benzene rings is 1. The van der Waals surface area contributed by atoms with E-state index < -0.39 is 0 Å². The molecular weight excluding hydrogens is 313 g/mol. The molecule has 2 rings (SSSR count). The SMILES string of the molecule is CCNCCNC(=O)c1cc(-c2cccc(Cl)c2)no1.Cl. The molecule has 0 saturated carbocycles. The molecule has 21 heavy (non-hydrogen) atoms. The van der Waals surface area contributed by atoms with Crippen LogP contribution in [0, 0.1) is 0 Å². The first-order chi connectivity index (χ1) is 9.70. The van der Waals surface area contributed by atoms with Crippen molar-refractivity contribution in [2.24, 2.45) is 0 Å². The van der Waals surface area contributed by atoms with Gasteiger partial charge in [0, 0.05) is 29.7 Å². The van der Waals surface area contributed by atoms with Gasteiger partial charge < -0.3 is 15.2 Å². The molecule has 2 N–H and O–H groups in total. The van der Waals surface area contributed by atoms with Gasteiger partial charge in [-0.3, -0.25) is 4.79 Å². The highest BCUT2D eigenvalue weighted by molar-refractivity contribution is 6.30. The minimum absolute atomic E-state index is 0. The average Bonchev–Trinajstić information content (AvgIpc) is 2.93. The summed E-state index contributed by atoms with van der Waals surface area (Å²) in [5, 5.41) is 10.4. The van der Waals surface area contributed by atoms with E-state index in [1.807, 2.05) is 19.1 Å². The maximum absolute atomic E-state index is 11.8. The predicted molar refractivity (Wildman–Crippen MR) is 85.1 cm³/mol. The number of rotatable bonds is 6. The van der Waals surface area contributed by atoms with Crippen LogP contribution in [0.4, 0.5) is 0 Å². The molecule has 5 nitrogen and oxygen atoms in total. The Morgan fingerprint density at radius 2 is 2.14 bits per heavy atom. The average molecular weight is 330 g/mol. The van der Waals surface area contributed by atoms with Crippen LogP contribution >= 0.6 is 24.0 Å². The zero-order chi connectivity index (χ0) is 14.4. The second-order valence-electron chi connectivity index (χ2n) is 4.20. The zero-order valence-corrected chi connectivity index (χ0v) is 13.1. The summed E-state index contributed by atoms with van der Waals surface area (Å²) in [6, 6.07) is 8.83. The smallest absolute Gasteiger partial charge is 0.289 e. The van der Waals surface area contributed by atoms with Crippen LogP contribution in [0.3, 0.4) is 0 Å². The van der Waals surface area contributed by atoms with Gasteiger partial charge in [-0.2, -0.15) is 0 Å². The summed E-state index contributed by atoms with van der Waals surface area (Å²) in [5.74, 6) is -0.0832. The van der Waals surface area contributed by atoms with Gasteiger partial charge in [-0.15, -0.1) is 12.4 Å². The lowest BCUT2D eigenvalue weighted by Gasteiger charge is -2.02. The molecule has 0 aliphatic heterocycles. The van der Waals surface area contributed by atoms with E-state index in [0.29, 0.717) is 17.3 Å². The number of nitrogens with zero attached hydrogens (tertiary/aromatic N) is 1. The van der Waals surface area contributed by atoms with Gasteiger partial charge in [-0.25, -0.2) is 0 Å². The van der Waals surface area contributed by atoms with Crippen LogP contribution in [0.25, 0.3) is 11.3 Å². The van der Waals surface area contributed by atoms with Gasteiger partial charge >= 0.3 is 0 Å². The molecule has 0 spiro atoms. The standard InChI is InChI=1S/C14H16ClN3O2.ClH/c1-2-16-6-7-17-14(19)13-9-12(18-20-13)10-4-3-5-11(15)8-10;/h3-5,8-9,16H,2,6-7H2,1H3,(H,17,19);1H. The van der Waals surface area contributed by atoms with Crippen molar-refractivity contribution in [3.8, 4) is 11.3 Å². The van der Waals surface area contributed by atoms with Gasteiger partial charge in [0.05, 0.1) is 0 Å². The molecule has 0 atom stereocenters. The maximum atomic E-state index is 11.8. The second kappa shape index (κ2) is 8.67. The molecule has 0 bridgehead atoms. The monoisotopic (exact) mass is 329 g/mol. The summed E-state index contributed by atoms with van der Waals surface area (Å²) >= 11 is 5.92. The Balaban J connectivity index is 0.00000220. The number of likely N-dealkylation sites (N-methyl/N-ethyl adjacent to an activating group) is 1. The van der Waals surface area contributed by atoms with Crippen LogP contribution in [-0.4, -0.2) is 30.7 Å². The Morgan fingerprint density at radius 3 is 2.86 bits per heavy atom. The molecule has 0 aliphatic rings. The molecule has 0 radical (unpaired) electrons. The number of nitrogens with one attached hydrogen (secondary N) is 2. The van der Waals surface area contributed by atoms with Crippen molar-refractivity contribution in [2.75, 3.05) is 19.6 Å². The largest absolute Gasteiger partial charge is 0.350 e. The number of hydrogen-bond donors (Lipinski definition) is 2. The zero-order valence-electron chi connectivity index (χ0n) is 11.6. The van der Waals surface area contributed by atoms with Crippen molar-refractivity contribution in [1.29, 1.82) is 0 Å². The number of carbonyl (C=O) groups excluding carboxylic acids is 1. The highest BCUT2D eigenvalue weighted by Crippen LogP contribution is 2.22. The van der Waals surface area contributed by atoms with Crippen molar-refractivity contribution in [3.05, 3.63) is 41.1 Å². The molecule has 1 amide bonds. The fourth-order valence-corrected chi connectivity index (χ4v) is 1.88. The Bertz CT molecular complexity index is 587.